The van der Waals surface area contributed by atoms with Gasteiger partial charge in [-0.2, -0.15) is 0 Å². The summed E-state index contributed by atoms with van der Waals surface area (Å²) in [6.45, 7) is 0. The Morgan fingerprint density at radius 1 is 0.773 bits per heavy atom. The standard InChI is InChI=1S/C16H20N2O2S2/c1-17(2)13-9-5-7-11-15(13)21-22(19,20)16-12-8-6-10-14(16)18(3)4/h5-12H,1-4H3. The third kappa shape index (κ3) is 3.56. The number of para-hydroxylation sites is 2. The van der Waals surface area contributed by atoms with Gasteiger partial charge in [0.15, 0.2) is 0 Å². The highest BCUT2D eigenvalue weighted by Crippen LogP contribution is 2.39. The summed E-state index contributed by atoms with van der Waals surface area (Å²) in [7, 11) is 4.88. The number of nitrogens with zero attached hydrogens (tertiary/aromatic N) is 2. The minimum atomic E-state index is -3.50. The summed E-state index contributed by atoms with van der Waals surface area (Å²) in [5.74, 6) is 0. The maximum absolute atomic E-state index is 12.8. The zero-order valence-electron chi connectivity index (χ0n) is 13.1. The molecule has 0 saturated carbocycles. The van der Waals surface area contributed by atoms with E-state index in [1.165, 1.54) is 0 Å². The van der Waals surface area contributed by atoms with Crippen LogP contribution >= 0.6 is 10.8 Å². The first-order chi connectivity index (χ1) is 10.3. The molecule has 0 fully saturated rings. The summed E-state index contributed by atoms with van der Waals surface area (Å²) in [4.78, 5) is 4.78. The van der Waals surface area contributed by atoms with Gasteiger partial charge in [-0.05, 0) is 24.3 Å². The normalized spacial score (nSPS) is 11.3. The Balaban J connectivity index is 2.46. The van der Waals surface area contributed by atoms with Crippen LogP contribution in [0.25, 0.3) is 0 Å². The molecule has 0 saturated heterocycles. The van der Waals surface area contributed by atoms with Gasteiger partial charge in [0.25, 0.3) is 0 Å². The molecule has 0 spiro atoms. The van der Waals surface area contributed by atoms with Crippen LogP contribution in [0.15, 0.2) is 58.3 Å². The molecular formula is C16H20N2O2S2. The van der Waals surface area contributed by atoms with Gasteiger partial charge in [-0.3, -0.25) is 0 Å². The third-order valence-electron chi connectivity index (χ3n) is 3.16. The van der Waals surface area contributed by atoms with Gasteiger partial charge in [0.2, 0.25) is 8.87 Å². The van der Waals surface area contributed by atoms with Crippen molar-refractivity contribution in [1.29, 1.82) is 0 Å². The molecule has 0 aliphatic carbocycles. The van der Waals surface area contributed by atoms with Crippen molar-refractivity contribution in [2.24, 2.45) is 0 Å². The van der Waals surface area contributed by atoms with Crippen molar-refractivity contribution < 1.29 is 8.42 Å². The lowest BCUT2D eigenvalue weighted by Crippen LogP contribution is -2.13. The molecule has 22 heavy (non-hydrogen) atoms. The van der Waals surface area contributed by atoms with E-state index in [1.807, 2.05) is 74.4 Å². The van der Waals surface area contributed by atoms with E-state index >= 15 is 0 Å². The Hall–Kier alpha value is -1.66. The summed E-state index contributed by atoms with van der Waals surface area (Å²) in [6.07, 6.45) is 0. The molecule has 4 nitrogen and oxygen atoms in total. The molecule has 0 atom stereocenters. The van der Waals surface area contributed by atoms with Crippen molar-refractivity contribution in [3.63, 3.8) is 0 Å². The lowest BCUT2D eigenvalue weighted by atomic mass is 10.3. The maximum atomic E-state index is 12.8. The Labute approximate surface area is 136 Å². The van der Waals surface area contributed by atoms with E-state index < -0.39 is 8.87 Å². The van der Waals surface area contributed by atoms with Crippen LogP contribution in [-0.2, 0) is 8.87 Å². The quantitative estimate of drug-likeness (QED) is 0.784. The van der Waals surface area contributed by atoms with Crippen LogP contribution in [0, 0.1) is 0 Å². The molecule has 2 aromatic rings. The van der Waals surface area contributed by atoms with E-state index in [2.05, 4.69) is 0 Å². The van der Waals surface area contributed by atoms with E-state index in [4.69, 9.17) is 0 Å². The minimum Gasteiger partial charge on any atom is -0.377 e. The van der Waals surface area contributed by atoms with Gasteiger partial charge < -0.3 is 9.80 Å². The van der Waals surface area contributed by atoms with Crippen LogP contribution in [-0.4, -0.2) is 36.6 Å². The van der Waals surface area contributed by atoms with E-state index in [9.17, 15) is 8.42 Å². The van der Waals surface area contributed by atoms with Gasteiger partial charge in [-0.15, -0.1) is 0 Å². The molecule has 0 radical (unpaired) electrons. The Morgan fingerprint density at radius 2 is 1.27 bits per heavy atom. The second-order valence-corrected chi connectivity index (χ2v) is 9.03. The zero-order chi connectivity index (χ0) is 16.3. The molecule has 2 rings (SSSR count). The van der Waals surface area contributed by atoms with Crippen LogP contribution in [0.4, 0.5) is 11.4 Å². The fourth-order valence-electron chi connectivity index (χ4n) is 2.10. The van der Waals surface area contributed by atoms with Crippen molar-refractivity contribution in [3.05, 3.63) is 48.5 Å². The molecule has 0 amide bonds. The summed E-state index contributed by atoms with van der Waals surface area (Å²) < 4.78 is 25.6. The second-order valence-electron chi connectivity index (χ2n) is 5.26. The van der Waals surface area contributed by atoms with Gasteiger partial charge in [0.1, 0.15) is 4.90 Å². The van der Waals surface area contributed by atoms with E-state index in [-0.39, 0.29) is 0 Å². The highest BCUT2D eigenvalue weighted by Gasteiger charge is 2.22. The Kier molecular flexibility index (Phi) is 5.03. The predicted molar refractivity (Wildman–Crippen MR) is 94.6 cm³/mol. The monoisotopic (exact) mass is 336 g/mol. The second kappa shape index (κ2) is 6.62. The number of benzene rings is 2. The number of anilines is 2. The first-order valence-corrected chi connectivity index (χ1v) is 9.62. The lowest BCUT2D eigenvalue weighted by Gasteiger charge is -2.19. The summed E-state index contributed by atoms with van der Waals surface area (Å²) in [5, 5.41) is 0. The first-order valence-electron chi connectivity index (χ1n) is 6.80. The van der Waals surface area contributed by atoms with Gasteiger partial charge in [0, 0.05) is 43.9 Å². The molecule has 118 valence electrons. The topological polar surface area (TPSA) is 40.6 Å². The molecule has 0 aliphatic heterocycles. The Morgan fingerprint density at radius 3 is 1.86 bits per heavy atom. The van der Waals surface area contributed by atoms with Crippen molar-refractivity contribution in [3.8, 4) is 0 Å². The van der Waals surface area contributed by atoms with Crippen molar-refractivity contribution in [1.82, 2.24) is 0 Å². The predicted octanol–water partition coefficient (Wildman–Crippen LogP) is 3.30. The molecule has 0 heterocycles. The molecule has 6 heteroatoms. The van der Waals surface area contributed by atoms with Gasteiger partial charge in [-0.25, -0.2) is 8.42 Å². The van der Waals surface area contributed by atoms with Crippen molar-refractivity contribution in [2.75, 3.05) is 38.0 Å². The fourth-order valence-corrected chi connectivity index (χ4v) is 5.47. The van der Waals surface area contributed by atoms with Crippen LogP contribution in [0.5, 0.6) is 0 Å². The van der Waals surface area contributed by atoms with E-state index in [1.54, 1.807) is 12.1 Å². The van der Waals surface area contributed by atoms with E-state index in [0.29, 0.717) is 10.6 Å². The van der Waals surface area contributed by atoms with Crippen molar-refractivity contribution >= 4 is 31.0 Å². The Bertz CT molecular complexity index is 756. The summed E-state index contributed by atoms with van der Waals surface area (Å²) in [5.41, 5.74) is 1.58. The average molecular weight is 336 g/mol. The number of hydrogen-bond acceptors (Lipinski definition) is 5. The third-order valence-corrected chi connectivity index (χ3v) is 6.53. The maximum Gasteiger partial charge on any atom is 0.236 e. The molecule has 0 N–H and O–H groups in total. The smallest absolute Gasteiger partial charge is 0.236 e. The molecular weight excluding hydrogens is 316 g/mol. The van der Waals surface area contributed by atoms with Crippen LogP contribution in [0.1, 0.15) is 0 Å². The molecule has 2 aromatic carbocycles. The highest BCUT2D eigenvalue weighted by molar-refractivity contribution is 8.72. The molecule has 0 unspecified atom stereocenters. The number of rotatable bonds is 5. The van der Waals surface area contributed by atoms with Gasteiger partial charge in [-0.1, -0.05) is 24.3 Å². The van der Waals surface area contributed by atoms with Crippen LogP contribution in [0.2, 0.25) is 0 Å². The summed E-state index contributed by atoms with van der Waals surface area (Å²) >= 11 is 0. The van der Waals surface area contributed by atoms with Crippen LogP contribution < -0.4 is 9.80 Å². The number of hydrogen-bond donors (Lipinski definition) is 0. The SMILES string of the molecule is CN(C)c1ccccc1SS(=O)(=O)c1ccccc1N(C)C. The van der Waals surface area contributed by atoms with Gasteiger partial charge in [0.05, 0.1) is 11.4 Å². The molecule has 0 bridgehead atoms. The molecule has 0 aliphatic rings. The largest absolute Gasteiger partial charge is 0.377 e. The minimum absolute atomic E-state index is 0.332. The van der Waals surface area contributed by atoms with Crippen LogP contribution in [0.3, 0.4) is 0 Å². The highest BCUT2D eigenvalue weighted by atomic mass is 33.1. The van der Waals surface area contributed by atoms with Crippen molar-refractivity contribution in [2.45, 2.75) is 9.79 Å². The average Bonchev–Trinajstić information content (AvgIpc) is 2.47. The van der Waals surface area contributed by atoms with E-state index in [0.717, 1.165) is 21.4 Å². The molecule has 0 aromatic heterocycles. The fraction of sp³-hybridized carbons (Fsp3) is 0.250. The summed E-state index contributed by atoms with van der Waals surface area (Å²) in [6, 6.07) is 14.5. The zero-order valence-corrected chi connectivity index (χ0v) is 14.8. The van der Waals surface area contributed by atoms with Gasteiger partial charge >= 0.3 is 0 Å². The lowest BCUT2D eigenvalue weighted by molar-refractivity contribution is 0.610. The first kappa shape index (κ1) is 16.7.